The minimum absolute atomic E-state index is 0.129. The van der Waals surface area contributed by atoms with E-state index in [0.717, 1.165) is 24.0 Å². The van der Waals surface area contributed by atoms with Crippen LogP contribution in [0.5, 0.6) is 5.75 Å². The lowest BCUT2D eigenvalue weighted by molar-refractivity contribution is 0.102. The van der Waals surface area contributed by atoms with E-state index in [1.807, 2.05) is 30.3 Å². The normalized spacial score (nSPS) is 14.8. The molecule has 0 spiro atoms. The van der Waals surface area contributed by atoms with Crippen molar-refractivity contribution >= 4 is 22.5 Å². The van der Waals surface area contributed by atoms with Gasteiger partial charge in [0.2, 0.25) is 0 Å². The number of likely N-dealkylation sites (tertiary alicyclic amines) is 1. The van der Waals surface area contributed by atoms with Crippen LogP contribution in [0.3, 0.4) is 0 Å². The van der Waals surface area contributed by atoms with Gasteiger partial charge in [0.1, 0.15) is 5.75 Å². The van der Waals surface area contributed by atoms with E-state index in [1.165, 1.54) is 75.5 Å². The third-order valence-corrected chi connectivity index (χ3v) is 7.46. The molecule has 194 valence electrons. The first-order chi connectivity index (χ1) is 17.7. The Labute approximate surface area is 216 Å². The summed E-state index contributed by atoms with van der Waals surface area (Å²) in [6, 6.07) is 13.7. The summed E-state index contributed by atoms with van der Waals surface area (Å²) < 4.78 is 5.97. The fourth-order valence-corrected chi connectivity index (χ4v) is 5.30. The molecule has 0 atom stereocenters. The van der Waals surface area contributed by atoms with E-state index in [2.05, 4.69) is 47.4 Å². The molecule has 1 aromatic heterocycles. The first kappa shape index (κ1) is 26.3. The third kappa shape index (κ3) is 6.91. The van der Waals surface area contributed by atoms with Gasteiger partial charge in [0.05, 0.1) is 12.2 Å². The maximum atomic E-state index is 13.2. The highest BCUT2D eigenvalue weighted by Gasteiger charge is 2.23. The van der Waals surface area contributed by atoms with Crippen molar-refractivity contribution in [3.05, 3.63) is 59.8 Å². The Hall–Kier alpha value is -2.79. The fourth-order valence-electron chi connectivity index (χ4n) is 5.30. The molecule has 1 aliphatic heterocycles. The van der Waals surface area contributed by atoms with Gasteiger partial charge in [-0.05, 0) is 87.1 Å². The smallest absolute Gasteiger partial charge is 0.259 e. The second kappa shape index (κ2) is 13.5. The summed E-state index contributed by atoms with van der Waals surface area (Å²) in [7, 11) is 0. The molecule has 0 saturated carbocycles. The first-order valence-corrected chi connectivity index (χ1v) is 14.1. The maximum absolute atomic E-state index is 13.2. The van der Waals surface area contributed by atoms with Crippen molar-refractivity contribution in [2.24, 2.45) is 0 Å². The molecular weight excluding hydrogens is 446 g/mol. The van der Waals surface area contributed by atoms with E-state index in [0.29, 0.717) is 23.8 Å². The van der Waals surface area contributed by atoms with Gasteiger partial charge in [-0.3, -0.25) is 4.79 Å². The van der Waals surface area contributed by atoms with E-state index >= 15 is 0 Å². The van der Waals surface area contributed by atoms with E-state index in [1.54, 1.807) is 0 Å². The molecule has 1 aliphatic rings. The standard InChI is InChI=1S/C31H43N3O2/c1-3-5-7-11-21-36-30-13-9-8-12-26(30)31(35)33-25-14-15-29-27(22-25)28(23-32-29)24-16-19-34(20-17-24)18-10-6-4-2/h8-9,12-15,22-24,32H,3-7,10-11,16-21H2,1-2H3,(H,33,35). The molecular formula is C31H43N3O2. The van der Waals surface area contributed by atoms with Gasteiger partial charge in [0, 0.05) is 22.8 Å². The van der Waals surface area contributed by atoms with Gasteiger partial charge in [-0.2, -0.15) is 0 Å². The number of nitrogens with zero attached hydrogens (tertiary/aromatic N) is 1. The lowest BCUT2D eigenvalue weighted by atomic mass is 9.89. The van der Waals surface area contributed by atoms with Gasteiger partial charge >= 0.3 is 0 Å². The molecule has 1 fully saturated rings. The van der Waals surface area contributed by atoms with Crippen LogP contribution in [0.15, 0.2) is 48.7 Å². The van der Waals surface area contributed by atoms with Crippen LogP contribution in [-0.2, 0) is 0 Å². The van der Waals surface area contributed by atoms with Crippen molar-refractivity contribution in [1.29, 1.82) is 0 Å². The molecule has 0 aliphatic carbocycles. The van der Waals surface area contributed by atoms with Crippen LogP contribution in [0.2, 0.25) is 0 Å². The number of aromatic amines is 1. The van der Waals surface area contributed by atoms with E-state index < -0.39 is 0 Å². The molecule has 5 heteroatoms. The number of piperidine rings is 1. The zero-order valence-corrected chi connectivity index (χ0v) is 22.2. The number of hydrogen-bond donors (Lipinski definition) is 2. The Bertz CT molecular complexity index is 1100. The molecule has 2 aromatic carbocycles. The molecule has 36 heavy (non-hydrogen) atoms. The highest BCUT2D eigenvalue weighted by molar-refractivity contribution is 6.07. The Morgan fingerprint density at radius 1 is 1.00 bits per heavy atom. The van der Waals surface area contributed by atoms with Crippen LogP contribution in [0.1, 0.15) is 93.5 Å². The van der Waals surface area contributed by atoms with Crippen molar-refractivity contribution in [2.75, 3.05) is 31.6 Å². The number of amides is 1. The fraction of sp³-hybridized carbons (Fsp3) is 0.516. The van der Waals surface area contributed by atoms with Crippen molar-refractivity contribution in [3.8, 4) is 5.75 Å². The highest BCUT2D eigenvalue weighted by atomic mass is 16.5. The quantitative estimate of drug-likeness (QED) is 0.241. The summed E-state index contributed by atoms with van der Waals surface area (Å²) in [6.45, 7) is 8.68. The molecule has 3 aromatic rings. The topological polar surface area (TPSA) is 57.4 Å². The van der Waals surface area contributed by atoms with Gasteiger partial charge in [-0.1, -0.05) is 58.1 Å². The predicted molar refractivity (Wildman–Crippen MR) is 150 cm³/mol. The molecule has 1 saturated heterocycles. The summed E-state index contributed by atoms with van der Waals surface area (Å²) in [5.74, 6) is 1.09. The monoisotopic (exact) mass is 489 g/mol. The van der Waals surface area contributed by atoms with Crippen molar-refractivity contribution in [2.45, 2.75) is 77.6 Å². The van der Waals surface area contributed by atoms with Crippen LogP contribution < -0.4 is 10.1 Å². The van der Waals surface area contributed by atoms with Crippen molar-refractivity contribution in [1.82, 2.24) is 9.88 Å². The average molecular weight is 490 g/mol. The number of ether oxygens (including phenoxy) is 1. The Morgan fingerprint density at radius 2 is 1.78 bits per heavy atom. The Balaban J connectivity index is 1.40. The third-order valence-electron chi connectivity index (χ3n) is 7.46. The van der Waals surface area contributed by atoms with Gasteiger partial charge < -0.3 is 19.9 Å². The lowest BCUT2D eigenvalue weighted by Crippen LogP contribution is -2.33. The van der Waals surface area contributed by atoms with E-state index in [9.17, 15) is 4.79 Å². The van der Waals surface area contributed by atoms with E-state index in [-0.39, 0.29) is 5.91 Å². The molecule has 0 unspecified atom stereocenters. The number of unbranched alkanes of at least 4 members (excludes halogenated alkanes) is 5. The first-order valence-electron chi connectivity index (χ1n) is 14.1. The van der Waals surface area contributed by atoms with Crippen LogP contribution in [0.4, 0.5) is 5.69 Å². The van der Waals surface area contributed by atoms with Crippen molar-refractivity contribution < 1.29 is 9.53 Å². The summed E-state index contributed by atoms with van der Waals surface area (Å²) in [5.41, 5.74) is 3.91. The molecule has 0 radical (unpaired) electrons. The molecule has 5 nitrogen and oxygen atoms in total. The van der Waals surface area contributed by atoms with Gasteiger partial charge in [-0.25, -0.2) is 0 Å². The molecule has 0 bridgehead atoms. The number of anilines is 1. The van der Waals surface area contributed by atoms with Crippen LogP contribution in [0.25, 0.3) is 10.9 Å². The Kier molecular flexibility index (Phi) is 9.85. The van der Waals surface area contributed by atoms with Crippen LogP contribution in [0, 0.1) is 0 Å². The summed E-state index contributed by atoms with van der Waals surface area (Å²) in [4.78, 5) is 19.2. The number of carbonyl (C=O) groups is 1. The minimum atomic E-state index is -0.129. The number of nitrogens with one attached hydrogen (secondary N) is 2. The Morgan fingerprint density at radius 3 is 2.58 bits per heavy atom. The average Bonchev–Trinajstić information content (AvgIpc) is 3.32. The number of hydrogen-bond acceptors (Lipinski definition) is 3. The SMILES string of the molecule is CCCCCCOc1ccccc1C(=O)Nc1ccc2[nH]cc(C3CCN(CCCCC)CC3)c2c1. The zero-order chi connectivity index (χ0) is 25.2. The van der Waals surface area contributed by atoms with Crippen LogP contribution in [-0.4, -0.2) is 42.0 Å². The lowest BCUT2D eigenvalue weighted by Gasteiger charge is -2.32. The summed E-state index contributed by atoms with van der Waals surface area (Å²) >= 11 is 0. The molecule has 1 amide bonds. The van der Waals surface area contributed by atoms with Crippen molar-refractivity contribution in [3.63, 3.8) is 0 Å². The van der Waals surface area contributed by atoms with Gasteiger partial charge in [-0.15, -0.1) is 0 Å². The van der Waals surface area contributed by atoms with E-state index in [4.69, 9.17) is 4.74 Å². The van der Waals surface area contributed by atoms with Gasteiger partial charge in [0.15, 0.2) is 0 Å². The minimum Gasteiger partial charge on any atom is -0.493 e. The largest absolute Gasteiger partial charge is 0.493 e. The van der Waals surface area contributed by atoms with Gasteiger partial charge in [0.25, 0.3) is 5.91 Å². The zero-order valence-electron chi connectivity index (χ0n) is 22.2. The number of fused-ring (bicyclic) bond motifs is 1. The number of carbonyl (C=O) groups excluding carboxylic acids is 1. The number of rotatable bonds is 13. The maximum Gasteiger partial charge on any atom is 0.259 e. The summed E-state index contributed by atoms with van der Waals surface area (Å²) in [5, 5.41) is 4.34. The second-order valence-electron chi connectivity index (χ2n) is 10.2. The second-order valence-corrected chi connectivity index (χ2v) is 10.2. The number of H-pyrrole nitrogens is 1. The highest BCUT2D eigenvalue weighted by Crippen LogP contribution is 2.34. The summed E-state index contributed by atoms with van der Waals surface area (Å²) in [6.07, 6.45) is 13.1. The molecule has 4 rings (SSSR count). The predicted octanol–water partition coefficient (Wildman–Crippen LogP) is 7.75. The number of para-hydroxylation sites is 1. The molecule has 2 N–H and O–H groups in total. The number of aromatic nitrogens is 1. The number of benzene rings is 2. The molecule has 2 heterocycles. The van der Waals surface area contributed by atoms with Crippen LogP contribution >= 0.6 is 0 Å².